The predicted octanol–water partition coefficient (Wildman–Crippen LogP) is 4.15. The van der Waals surface area contributed by atoms with Crippen LogP contribution < -0.4 is 0 Å². The molecule has 0 N–H and O–H groups in total. The fourth-order valence-corrected chi connectivity index (χ4v) is 4.36. The molecule has 0 aromatic heterocycles. The van der Waals surface area contributed by atoms with Gasteiger partial charge in [0, 0.05) is 25.2 Å². The van der Waals surface area contributed by atoms with Gasteiger partial charge in [-0.05, 0) is 70.9 Å². The Balaban J connectivity index is 0.000000704. The lowest BCUT2D eigenvalue weighted by atomic mass is 9.66. The molecule has 1 aliphatic carbocycles. The smallest absolute Gasteiger partial charge is 0.00956 e. The molecule has 2 saturated heterocycles. The molecular formula is C18H36N2. The summed E-state index contributed by atoms with van der Waals surface area (Å²) in [5.41, 5.74) is 0.733. The Labute approximate surface area is 126 Å². The number of nitrogens with zero attached hydrogens (tertiary/aromatic N) is 2. The van der Waals surface area contributed by atoms with Gasteiger partial charge in [0.25, 0.3) is 0 Å². The van der Waals surface area contributed by atoms with Crippen molar-refractivity contribution in [2.75, 3.05) is 26.2 Å². The van der Waals surface area contributed by atoms with Crippen LogP contribution >= 0.6 is 0 Å². The first kappa shape index (κ1) is 16.3. The predicted molar refractivity (Wildman–Crippen MR) is 88.2 cm³/mol. The maximum absolute atomic E-state index is 2.80. The molecule has 1 spiro atoms. The van der Waals surface area contributed by atoms with Crippen molar-refractivity contribution < 1.29 is 0 Å². The van der Waals surface area contributed by atoms with E-state index in [-0.39, 0.29) is 0 Å². The summed E-state index contributed by atoms with van der Waals surface area (Å²) >= 11 is 0. The molecule has 0 radical (unpaired) electrons. The molecular weight excluding hydrogens is 244 g/mol. The van der Waals surface area contributed by atoms with E-state index in [4.69, 9.17) is 0 Å². The van der Waals surface area contributed by atoms with Crippen LogP contribution in [0.4, 0.5) is 0 Å². The van der Waals surface area contributed by atoms with E-state index in [0.29, 0.717) is 0 Å². The average molecular weight is 280 g/mol. The highest BCUT2D eigenvalue weighted by atomic mass is 15.2. The van der Waals surface area contributed by atoms with Gasteiger partial charge in [0.15, 0.2) is 0 Å². The zero-order valence-corrected chi connectivity index (χ0v) is 14.3. The highest BCUT2D eigenvalue weighted by Gasteiger charge is 2.46. The van der Waals surface area contributed by atoms with Gasteiger partial charge in [0.1, 0.15) is 0 Å². The monoisotopic (exact) mass is 280 g/mol. The SMILES string of the molecule is CC.CC(C)N1CC2(CCC(N3CCCCC3)CC2)C1. The lowest BCUT2D eigenvalue weighted by Crippen LogP contribution is -2.60. The van der Waals surface area contributed by atoms with Crippen molar-refractivity contribution in [1.82, 2.24) is 9.80 Å². The molecule has 0 atom stereocenters. The second kappa shape index (κ2) is 7.26. The van der Waals surface area contributed by atoms with Gasteiger partial charge in [-0.15, -0.1) is 0 Å². The van der Waals surface area contributed by atoms with Gasteiger partial charge >= 0.3 is 0 Å². The second-order valence-electron chi connectivity index (χ2n) is 7.33. The van der Waals surface area contributed by atoms with Crippen molar-refractivity contribution in [1.29, 1.82) is 0 Å². The summed E-state index contributed by atoms with van der Waals surface area (Å²) in [5, 5.41) is 0. The lowest BCUT2D eigenvalue weighted by molar-refractivity contribution is -0.0621. The van der Waals surface area contributed by atoms with E-state index in [9.17, 15) is 0 Å². The third-order valence-corrected chi connectivity index (χ3v) is 5.73. The van der Waals surface area contributed by atoms with Crippen molar-refractivity contribution in [3.05, 3.63) is 0 Å². The molecule has 0 aromatic carbocycles. The molecule has 2 heterocycles. The molecule has 2 nitrogen and oxygen atoms in total. The molecule has 0 amide bonds. The normalized spacial score (nSPS) is 28.1. The van der Waals surface area contributed by atoms with Gasteiger partial charge in [-0.3, -0.25) is 4.90 Å². The van der Waals surface area contributed by atoms with Crippen molar-refractivity contribution in [2.24, 2.45) is 5.41 Å². The van der Waals surface area contributed by atoms with Gasteiger partial charge in [0.05, 0.1) is 0 Å². The number of likely N-dealkylation sites (tertiary alicyclic amines) is 2. The fourth-order valence-electron chi connectivity index (χ4n) is 4.36. The summed E-state index contributed by atoms with van der Waals surface area (Å²) in [5.74, 6) is 0. The third kappa shape index (κ3) is 3.57. The maximum Gasteiger partial charge on any atom is 0.00956 e. The molecule has 3 rings (SSSR count). The zero-order valence-electron chi connectivity index (χ0n) is 14.3. The second-order valence-corrected chi connectivity index (χ2v) is 7.33. The van der Waals surface area contributed by atoms with E-state index in [1.54, 1.807) is 0 Å². The molecule has 3 aliphatic rings. The molecule has 2 heteroatoms. The van der Waals surface area contributed by atoms with E-state index in [2.05, 4.69) is 23.6 Å². The first-order valence-corrected chi connectivity index (χ1v) is 9.17. The van der Waals surface area contributed by atoms with Crippen LogP contribution in [0.3, 0.4) is 0 Å². The Morgan fingerprint density at radius 3 is 1.95 bits per heavy atom. The number of rotatable bonds is 2. The first-order valence-electron chi connectivity index (χ1n) is 9.17. The Kier molecular flexibility index (Phi) is 5.92. The van der Waals surface area contributed by atoms with Crippen LogP contribution in [-0.4, -0.2) is 48.1 Å². The number of piperidine rings is 1. The van der Waals surface area contributed by atoms with Crippen LogP contribution in [0.15, 0.2) is 0 Å². The molecule has 2 aliphatic heterocycles. The van der Waals surface area contributed by atoms with Crippen molar-refractivity contribution in [3.8, 4) is 0 Å². The van der Waals surface area contributed by atoms with Gasteiger partial charge in [-0.2, -0.15) is 0 Å². The highest BCUT2D eigenvalue weighted by Crippen LogP contribution is 2.45. The Hall–Kier alpha value is -0.0800. The standard InChI is InChI=1S/C16H30N2.C2H6/c1-14(2)18-12-16(13-18)8-6-15(7-9-16)17-10-4-3-5-11-17;1-2/h14-15H,3-13H2,1-2H3;1-2H3. The highest BCUT2D eigenvalue weighted by molar-refractivity contribution is 5.00. The van der Waals surface area contributed by atoms with Crippen LogP contribution in [0.1, 0.15) is 72.6 Å². The minimum Gasteiger partial charge on any atom is -0.300 e. The van der Waals surface area contributed by atoms with Crippen molar-refractivity contribution in [2.45, 2.75) is 84.7 Å². The van der Waals surface area contributed by atoms with Crippen LogP contribution in [0.5, 0.6) is 0 Å². The summed E-state index contributed by atoms with van der Waals surface area (Å²) in [6.07, 6.45) is 10.3. The lowest BCUT2D eigenvalue weighted by Gasteiger charge is -2.56. The topological polar surface area (TPSA) is 6.48 Å². The Morgan fingerprint density at radius 1 is 0.900 bits per heavy atom. The van der Waals surface area contributed by atoms with Gasteiger partial charge in [-0.1, -0.05) is 20.3 Å². The molecule has 0 bridgehead atoms. The molecule has 3 fully saturated rings. The minimum atomic E-state index is 0.733. The van der Waals surface area contributed by atoms with E-state index in [1.807, 2.05) is 13.8 Å². The van der Waals surface area contributed by atoms with Crippen LogP contribution in [-0.2, 0) is 0 Å². The quantitative estimate of drug-likeness (QED) is 0.749. The summed E-state index contributed by atoms with van der Waals surface area (Å²) in [6.45, 7) is 14.2. The van der Waals surface area contributed by atoms with E-state index in [0.717, 1.165) is 17.5 Å². The Bertz CT molecular complexity index is 265. The summed E-state index contributed by atoms with van der Waals surface area (Å²) in [4.78, 5) is 5.45. The minimum absolute atomic E-state index is 0.733. The van der Waals surface area contributed by atoms with Gasteiger partial charge < -0.3 is 4.90 Å². The number of hydrogen-bond acceptors (Lipinski definition) is 2. The molecule has 118 valence electrons. The van der Waals surface area contributed by atoms with Crippen molar-refractivity contribution in [3.63, 3.8) is 0 Å². The number of hydrogen-bond donors (Lipinski definition) is 0. The van der Waals surface area contributed by atoms with Gasteiger partial charge in [-0.25, -0.2) is 0 Å². The first-order chi connectivity index (χ1) is 9.69. The van der Waals surface area contributed by atoms with Crippen LogP contribution in [0.25, 0.3) is 0 Å². The van der Waals surface area contributed by atoms with E-state index < -0.39 is 0 Å². The zero-order chi connectivity index (χ0) is 14.6. The van der Waals surface area contributed by atoms with E-state index in [1.165, 1.54) is 71.1 Å². The molecule has 0 unspecified atom stereocenters. The summed E-state index contributed by atoms with van der Waals surface area (Å²) < 4.78 is 0. The average Bonchev–Trinajstić information content (AvgIpc) is 2.48. The van der Waals surface area contributed by atoms with E-state index >= 15 is 0 Å². The fraction of sp³-hybridized carbons (Fsp3) is 1.00. The Morgan fingerprint density at radius 2 is 1.45 bits per heavy atom. The largest absolute Gasteiger partial charge is 0.300 e. The molecule has 1 saturated carbocycles. The summed E-state index contributed by atoms with van der Waals surface area (Å²) in [6, 6.07) is 1.69. The maximum atomic E-state index is 2.80. The van der Waals surface area contributed by atoms with Crippen LogP contribution in [0.2, 0.25) is 0 Å². The third-order valence-electron chi connectivity index (χ3n) is 5.73. The van der Waals surface area contributed by atoms with Gasteiger partial charge in [0.2, 0.25) is 0 Å². The summed E-state index contributed by atoms with van der Waals surface area (Å²) in [7, 11) is 0. The van der Waals surface area contributed by atoms with Crippen molar-refractivity contribution >= 4 is 0 Å². The molecule has 20 heavy (non-hydrogen) atoms. The molecule has 0 aromatic rings. The van der Waals surface area contributed by atoms with Crippen LogP contribution in [0, 0.1) is 5.41 Å².